The zero-order valence-electron chi connectivity index (χ0n) is 12.6. The van der Waals surface area contributed by atoms with Crippen LogP contribution in [0.3, 0.4) is 0 Å². The number of rotatable bonds is 5. The van der Waals surface area contributed by atoms with E-state index >= 15 is 0 Å². The number of alkyl halides is 2. The Morgan fingerprint density at radius 1 is 1.26 bits per heavy atom. The van der Waals surface area contributed by atoms with Crippen molar-refractivity contribution in [1.29, 1.82) is 0 Å². The van der Waals surface area contributed by atoms with Crippen LogP contribution in [0.15, 0.2) is 36.5 Å². The molecular formula is C16H18F2N4O. The van der Waals surface area contributed by atoms with Crippen LogP contribution in [0.5, 0.6) is 0 Å². The molecule has 1 aromatic heterocycles. The van der Waals surface area contributed by atoms with Crippen LogP contribution in [0.1, 0.15) is 35.4 Å². The molecule has 122 valence electrons. The Balaban J connectivity index is 1.65. The molecule has 23 heavy (non-hydrogen) atoms. The van der Waals surface area contributed by atoms with Crippen molar-refractivity contribution >= 4 is 11.6 Å². The summed E-state index contributed by atoms with van der Waals surface area (Å²) in [6.07, 6.45) is 3.54. The van der Waals surface area contributed by atoms with Gasteiger partial charge in [-0.15, -0.1) is 0 Å². The number of benzene rings is 1. The van der Waals surface area contributed by atoms with Crippen LogP contribution < -0.4 is 5.32 Å². The molecule has 0 aliphatic carbocycles. The van der Waals surface area contributed by atoms with Gasteiger partial charge in [0.05, 0.1) is 0 Å². The Morgan fingerprint density at radius 3 is 2.74 bits per heavy atom. The summed E-state index contributed by atoms with van der Waals surface area (Å²) in [5, 5.41) is 6.26. The van der Waals surface area contributed by atoms with Crippen LogP contribution in [0.2, 0.25) is 0 Å². The number of hydrogen-bond donors (Lipinski definition) is 1. The monoisotopic (exact) mass is 320 g/mol. The first-order chi connectivity index (χ1) is 11.1. The summed E-state index contributed by atoms with van der Waals surface area (Å²) in [5.41, 5.74) is 1.72. The zero-order valence-corrected chi connectivity index (χ0v) is 12.6. The first-order valence-electron chi connectivity index (χ1n) is 7.58. The number of nitrogens with zero attached hydrogens (tertiary/aromatic N) is 3. The van der Waals surface area contributed by atoms with Gasteiger partial charge in [-0.2, -0.15) is 13.9 Å². The van der Waals surface area contributed by atoms with Gasteiger partial charge in [-0.1, -0.05) is 12.1 Å². The van der Waals surface area contributed by atoms with Gasteiger partial charge in [-0.3, -0.25) is 9.69 Å². The van der Waals surface area contributed by atoms with Gasteiger partial charge in [0.1, 0.15) is 0 Å². The lowest BCUT2D eigenvalue weighted by Crippen LogP contribution is -2.18. The van der Waals surface area contributed by atoms with Gasteiger partial charge >= 0.3 is 6.55 Å². The summed E-state index contributed by atoms with van der Waals surface area (Å²) >= 11 is 0. The fourth-order valence-electron chi connectivity index (χ4n) is 2.71. The number of hydrogen-bond acceptors (Lipinski definition) is 3. The first-order valence-corrected chi connectivity index (χ1v) is 7.58. The van der Waals surface area contributed by atoms with Crippen LogP contribution in [-0.2, 0) is 6.54 Å². The van der Waals surface area contributed by atoms with E-state index in [1.54, 1.807) is 6.07 Å². The Morgan fingerprint density at radius 2 is 2.04 bits per heavy atom. The Hall–Kier alpha value is -2.28. The maximum absolute atomic E-state index is 12.5. The van der Waals surface area contributed by atoms with Gasteiger partial charge in [0.25, 0.3) is 5.91 Å². The number of aromatic nitrogens is 2. The smallest absolute Gasteiger partial charge is 0.321 e. The SMILES string of the molecule is O=C(Nc1cccc(CN2CCCC2)c1)c1ccn(C(F)F)n1. The lowest BCUT2D eigenvalue weighted by Gasteiger charge is -2.15. The molecule has 0 bridgehead atoms. The van der Waals surface area contributed by atoms with Crippen molar-refractivity contribution in [3.05, 3.63) is 47.8 Å². The van der Waals surface area contributed by atoms with Crippen molar-refractivity contribution in [2.45, 2.75) is 25.9 Å². The highest BCUT2D eigenvalue weighted by atomic mass is 19.3. The molecule has 7 heteroatoms. The molecule has 3 rings (SSSR count). The van der Waals surface area contributed by atoms with E-state index in [1.165, 1.54) is 18.9 Å². The molecule has 5 nitrogen and oxygen atoms in total. The molecule has 0 unspecified atom stereocenters. The molecule has 2 aromatic rings. The Bertz CT molecular complexity index is 680. The van der Waals surface area contributed by atoms with E-state index in [0.29, 0.717) is 10.4 Å². The second kappa shape index (κ2) is 6.87. The van der Waals surface area contributed by atoms with Crippen LogP contribution in [-0.4, -0.2) is 33.7 Å². The lowest BCUT2D eigenvalue weighted by atomic mass is 10.2. The molecule has 2 heterocycles. The molecule has 1 aliphatic rings. The molecule has 1 N–H and O–H groups in total. The predicted octanol–water partition coefficient (Wildman–Crippen LogP) is 3.13. The minimum atomic E-state index is -2.75. The van der Waals surface area contributed by atoms with Gasteiger partial charge in [0, 0.05) is 18.4 Å². The van der Waals surface area contributed by atoms with E-state index in [9.17, 15) is 13.6 Å². The molecular weight excluding hydrogens is 302 g/mol. The summed E-state index contributed by atoms with van der Waals surface area (Å²) in [6.45, 7) is 0.299. The Kier molecular flexibility index (Phi) is 4.66. The topological polar surface area (TPSA) is 50.2 Å². The number of likely N-dealkylation sites (tertiary alicyclic amines) is 1. The maximum Gasteiger partial charge on any atom is 0.333 e. The molecule has 0 spiro atoms. The number of carbonyl (C=O) groups excluding carboxylic acids is 1. The molecule has 1 aromatic carbocycles. The van der Waals surface area contributed by atoms with Crippen molar-refractivity contribution in [2.24, 2.45) is 0 Å². The standard InChI is InChI=1S/C16H18F2N4O/c17-16(18)22-9-6-14(20-22)15(23)19-13-5-3-4-12(10-13)11-21-7-1-2-8-21/h3-6,9-10,16H,1-2,7-8,11H2,(H,19,23). The molecule has 1 amide bonds. The van der Waals surface area contributed by atoms with Crippen molar-refractivity contribution in [2.75, 3.05) is 18.4 Å². The van der Waals surface area contributed by atoms with Crippen LogP contribution >= 0.6 is 0 Å². The average Bonchev–Trinajstić information content (AvgIpc) is 3.18. The van der Waals surface area contributed by atoms with E-state index in [2.05, 4.69) is 15.3 Å². The molecule has 0 saturated carbocycles. The third kappa shape index (κ3) is 3.92. The minimum absolute atomic E-state index is 0.0322. The largest absolute Gasteiger partial charge is 0.333 e. The third-order valence-corrected chi connectivity index (χ3v) is 3.83. The fourth-order valence-corrected chi connectivity index (χ4v) is 2.71. The number of halogens is 2. The second-order valence-electron chi connectivity index (χ2n) is 5.60. The van der Waals surface area contributed by atoms with Crippen molar-refractivity contribution < 1.29 is 13.6 Å². The highest BCUT2D eigenvalue weighted by Crippen LogP contribution is 2.17. The van der Waals surface area contributed by atoms with Crippen molar-refractivity contribution in [3.8, 4) is 0 Å². The van der Waals surface area contributed by atoms with E-state index in [1.807, 2.05) is 18.2 Å². The van der Waals surface area contributed by atoms with E-state index in [0.717, 1.165) is 31.4 Å². The van der Waals surface area contributed by atoms with Crippen LogP contribution in [0.25, 0.3) is 0 Å². The normalized spacial score (nSPS) is 15.3. The van der Waals surface area contributed by atoms with Gasteiger partial charge in [-0.25, -0.2) is 4.68 Å². The number of carbonyl (C=O) groups is 1. The van der Waals surface area contributed by atoms with Crippen LogP contribution in [0.4, 0.5) is 14.5 Å². The maximum atomic E-state index is 12.5. The molecule has 1 saturated heterocycles. The van der Waals surface area contributed by atoms with Gasteiger partial charge in [0.2, 0.25) is 0 Å². The third-order valence-electron chi connectivity index (χ3n) is 3.83. The first kappa shape index (κ1) is 15.6. The number of anilines is 1. The summed E-state index contributed by atoms with van der Waals surface area (Å²) in [5.74, 6) is -0.497. The van der Waals surface area contributed by atoms with Crippen molar-refractivity contribution in [1.82, 2.24) is 14.7 Å². The number of nitrogens with one attached hydrogen (secondary N) is 1. The van der Waals surface area contributed by atoms with E-state index in [4.69, 9.17) is 0 Å². The lowest BCUT2D eigenvalue weighted by molar-refractivity contribution is 0.0561. The van der Waals surface area contributed by atoms with E-state index in [-0.39, 0.29) is 5.69 Å². The zero-order chi connectivity index (χ0) is 16.2. The fraction of sp³-hybridized carbons (Fsp3) is 0.375. The van der Waals surface area contributed by atoms with Gasteiger partial charge < -0.3 is 5.32 Å². The van der Waals surface area contributed by atoms with Gasteiger partial charge in [-0.05, 0) is 49.7 Å². The highest BCUT2D eigenvalue weighted by Gasteiger charge is 2.15. The minimum Gasteiger partial charge on any atom is -0.321 e. The summed E-state index contributed by atoms with van der Waals surface area (Å²) in [7, 11) is 0. The molecule has 1 fully saturated rings. The highest BCUT2D eigenvalue weighted by molar-refractivity contribution is 6.02. The quantitative estimate of drug-likeness (QED) is 0.921. The average molecular weight is 320 g/mol. The molecule has 1 aliphatic heterocycles. The summed E-state index contributed by atoms with van der Waals surface area (Å²) in [6, 6.07) is 8.84. The molecule has 0 radical (unpaired) electrons. The predicted molar refractivity (Wildman–Crippen MR) is 82.4 cm³/mol. The van der Waals surface area contributed by atoms with Crippen molar-refractivity contribution in [3.63, 3.8) is 0 Å². The Labute approximate surface area is 132 Å². The summed E-state index contributed by atoms with van der Waals surface area (Å²) in [4.78, 5) is 14.4. The van der Waals surface area contributed by atoms with E-state index < -0.39 is 12.5 Å². The van der Waals surface area contributed by atoms with Gasteiger partial charge in [0.15, 0.2) is 5.69 Å². The number of amides is 1. The summed E-state index contributed by atoms with van der Waals surface area (Å²) < 4.78 is 25.4. The second-order valence-corrected chi connectivity index (χ2v) is 5.60. The molecule has 0 atom stereocenters. The van der Waals surface area contributed by atoms with Crippen LogP contribution in [0, 0.1) is 0 Å².